The normalized spacial score (nSPS) is 51.0. The fourth-order valence-electron chi connectivity index (χ4n) is 1.07. The zero-order valence-corrected chi connectivity index (χ0v) is 4.52. The summed E-state index contributed by atoms with van der Waals surface area (Å²) in [6, 6.07) is 0.259. The van der Waals surface area contributed by atoms with E-state index in [2.05, 4.69) is 0 Å². The van der Waals surface area contributed by atoms with Crippen LogP contribution in [-0.4, -0.2) is 16.7 Å². The molecule has 7 heavy (non-hydrogen) atoms. The van der Waals surface area contributed by atoms with Gasteiger partial charge in [-0.2, -0.15) is 0 Å². The maximum absolute atomic E-state index is 9.00. The van der Waals surface area contributed by atoms with Gasteiger partial charge < -0.3 is 10.8 Å². The second-order valence-electron chi connectivity index (χ2n) is 2.67. The molecule has 1 aliphatic rings. The van der Waals surface area contributed by atoms with Gasteiger partial charge in [0.2, 0.25) is 0 Å². The summed E-state index contributed by atoms with van der Waals surface area (Å²) in [4.78, 5) is 0. The molecular weight excluding hydrogens is 90.1 g/mol. The summed E-state index contributed by atoms with van der Waals surface area (Å²) >= 11 is 0. The Balaban J connectivity index is 2.29. The van der Waals surface area contributed by atoms with Crippen molar-refractivity contribution in [1.29, 1.82) is 0 Å². The first-order valence-electron chi connectivity index (χ1n) is 2.58. The summed E-state index contributed by atoms with van der Waals surface area (Å²) in [5.74, 6) is 0. The minimum absolute atomic E-state index is 0.259. The van der Waals surface area contributed by atoms with Crippen molar-refractivity contribution in [3.05, 3.63) is 0 Å². The van der Waals surface area contributed by atoms with Gasteiger partial charge in [0.15, 0.2) is 0 Å². The molecule has 0 spiro atoms. The highest BCUT2D eigenvalue weighted by atomic mass is 16.3. The van der Waals surface area contributed by atoms with Crippen LogP contribution in [0.15, 0.2) is 0 Å². The first kappa shape index (κ1) is 5.06. The Morgan fingerprint density at radius 3 is 2.14 bits per heavy atom. The molecule has 0 aromatic rings. The van der Waals surface area contributed by atoms with E-state index >= 15 is 0 Å². The number of aliphatic hydroxyl groups is 1. The largest absolute Gasteiger partial charge is 0.390 e. The smallest absolute Gasteiger partial charge is 0.0649 e. The van der Waals surface area contributed by atoms with Gasteiger partial charge in [-0.25, -0.2) is 0 Å². The molecule has 0 aromatic carbocycles. The van der Waals surface area contributed by atoms with Crippen LogP contribution in [0, 0.1) is 0 Å². The third-order valence-electron chi connectivity index (χ3n) is 1.40. The van der Waals surface area contributed by atoms with Crippen molar-refractivity contribution >= 4 is 0 Å². The minimum Gasteiger partial charge on any atom is -0.390 e. The molecule has 1 rings (SSSR count). The van der Waals surface area contributed by atoms with Crippen LogP contribution in [0.4, 0.5) is 0 Å². The van der Waals surface area contributed by atoms with Gasteiger partial charge in [-0.05, 0) is 19.8 Å². The van der Waals surface area contributed by atoms with Gasteiger partial charge in [-0.1, -0.05) is 0 Å². The zero-order chi connectivity index (χ0) is 5.49. The molecule has 0 amide bonds. The van der Waals surface area contributed by atoms with Crippen LogP contribution in [0.5, 0.6) is 0 Å². The fourth-order valence-corrected chi connectivity index (χ4v) is 1.07. The summed E-state index contributed by atoms with van der Waals surface area (Å²) in [5, 5.41) is 9.00. The Kier molecular flexibility index (Phi) is 0.869. The predicted octanol–water partition coefficient (Wildman–Crippen LogP) is -0.142. The Labute approximate surface area is 43.3 Å². The average molecular weight is 101 g/mol. The average Bonchev–Trinajstić information content (AvgIpc) is 1.27. The van der Waals surface area contributed by atoms with Crippen molar-refractivity contribution in [2.75, 3.05) is 0 Å². The van der Waals surface area contributed by atoms with Crippen LogP contribution >= 0.6 is 0 Å². The Bertz CT molecular complexity index is 72.1. The number of nitrogens with two attached hydrogens (primary N) is 1. The van der Waals surface area contributed by atoms with Crippen LogP contribution in [0.3, 0.4) is 0 Å². The number of hydrogen-bond donors (Lipinski definition) is 2. The molecule has 0 unspecified atom stereocenters. The third-order valence-corrected chi connectivity index (χ3v) is 1.40. The molecule has 3 N–H and O–H groups in total. The van der Waals surface area contributed by atoms with Crippen molar-refractivity contribution in [2.24, 2.45) is 5.73 Å². The molecule has 0 aromatic heterocycles. The predicted molar refractivity (Wildman–Crippen MR) is 27.8 cm³/mol. The lowest BCUT2D eigenvalue weighted by atomic mass is 9.78. The van der Waals surface area contributed by atoms with E-state index < -0.39 is 5.60 Å². The second-order valence-corrected chi connectivity index (χ2v) is 2.67. The molecule has 0 bridgehead atoms. The highest BCUT2D eigenvalue weighted by molar-refractivity contribution is 4.92. The maximum Gasteiger partial charge on any atom is 0.0649 e. The van der Waals surface area contributed by atoms with Crippen molar-refractivity contribution in [3.8, 4) is 0 Å². The molecule has 0 heterocycles. The third kappa shape index (κ3) is 0.924. The monoisotopic (exact) mass is 101 g/mol. The van der Waals surface area contributed by atoms with E-state index in [0.29, 0.717) is 0 Å². The number of hydrogen-bond acceptors (Lipinski definition) is 2. The van der Waals surface area contributed by atoms with Gasteiger partial charge in [0.05, 0.1) is 5.60 Å². The van der Waals surface area contributed by atoms with Crippen LogP contribution < -0.4 is 5.73 Å². The molecule has 0 saturated heterocycles. The molecular formula is C5H11NO. The minimum atomic E-state index is -0.431. The first-order valence-corrected chi connectivity index (χ1v) is 2.58. The highest BCUT2D eigenvalue weighted by Crippen LogP contribution is 2.29. The van der Waals surface area contributed by atoms with Gasteiger partial charge in [0, 0.05) is 6.04 Å². The van der Waals surface area contributed by atoms with Crippen molar-refractivity contribution in [1.82, 2.24) is 0 Å². The van der Waals surface area contributed by atoms with E-state index in [4.69, 9.17) is 10.8 Å². The zero-order valence-electron chi connectivity index (χ0n) is 4.52. The summed E-state index contributed by atoms with van der Waals surface area (Å²) in [5.41, 5.74) is 4.96. The van der Waals surface area contributed by atoms with E-state index in [1.807, 2.05) is 6.92 Å². The van der Waals surface area contributed by atoms with E-state index in [1.54, 1.807) is 0 Å². The molecule has 2 heteroatoms. The topological polar surface area (TPSA) is 46.2 Å². The molecule has 1 saturated carbocycles. The molecule has 1 fully saturated rings. The Hall–Kier alpha value is -0.0800. The van der Waals surface area contributed by atoms with E-state index in [9.17, 15) is 0 Å². The first-order chi connectivity index (χ1) is 3.10. The standard InChI is InChI=1S/C5H11NO/c1-5(7)2-4(6)3-5/h4,7H,2-3,6H2,1H3/t4-,5+. The summed E-state index contributed by atoms with van der Waals surface area (Å²) in [7, 11) is 0. The van der Waals surface area contributed by atoms with E-state index in [0.717, 1.165) is 12.8 Å². The lowest BCUT2D eigenvalue weighted by Crippen LogP contribution is -2.49. The van der Waals surface area contributed by atoms with Gasteiger partial charge in [0.1, 0.15) is 0 Å². The van der Waals surface area contributed by atoms with Gasteiger partial charge in [0.25, 0.3) is 0 Å². The number of rotatable bonds is 0. The maximum atomic E-state index is 9.00. The van der Waals surface area contributed by atoms with E-state index in [1.165, 1.54) is 0 Å². The van der Waals surface area contributed by atoms with Crippen molar-refractivity contribution < 1.29 is 5.11 Å². The Morgan fingerprint density at radius 1 is 1.71 bits per heavy atom. The van der Waals surface area contributed by atoms with E-state index in [-0.39, 0.29) is 6.04 Å². The summed E-state index contributed by atoms with van der Waals surface area (Å²) in [6.07, 6.45) is 1.54. The van der Waals surface area contributed by atoms with Crippen molar-refractivity contribution in [2.45, 2.75) is 31.4 Å². The van der Waals surface area contributed by atoms with Gasteiger partial charge in [-0.3, -0.25) is 0 Å². The van der Waals surface area contributed by atoms with Crippen LogP contribution in [0.25, 0.3) is 0 Å². The Morgan fingerprint density at radius 2 is 2.14 bits per heavy atom. The quantitative estimate of drug-likeness (QED) is 0.446. The van der Waals surface area contributed by atoms with Crippen LogP contribution in [0.1, 0.15) is 19.8 Å². The van der Waals surface area contributed by atoms with Gasteiger partial charge in [-0.15, -0.1) is 0 Å². The van der Waals surface area contributed by atoms with Crippen LogP contribution in [-0.2, 0) is 0 Å². The molecule has 2 nitrogen and oxygen atoms in total. The highest BCUT2D eigenvalue weighted by Gasteiger charge is 2.35. The van der Waals surface area contributed by atoms with Crippen LogP contribution in [0.2, 0.25) is 0 Å². The van der Waals surface area contributed by atoms with Gasteiger partial charge >= 0.3 is 0 Å². The lowest BCUT2D eigenvalue weighted by molar-refractivity contribution is -0.0286. The summed E-state index contributed by atoms with van der Waals surface area (Å²) in [6.45, 7) is 1.82. The molecule has 42 valence electrons. The molecule has 0 radical (unpaired) electrons. The summed E-state index contributed by atoms with van der Waals surface area (Å²) < 4.78 is 0. The van der Waals surface area contributed by atoms with Crippen molar-refractivity contribution in [3.63, 3.8) is 0 Å². The molecule has 0 aliphatic heterocycles. The molecule has 0 atom stereocenters. The fraction of sp³-hybridized carbons (Fsp3) is 1.00. The molecule has 1 aliphatic carbocycles. The SMILES string of the molecule is C[C@]1(O)C[C@@H](N)C1. The lowest BCUT2D eigenvalue weighted by Gasteiger charge is -2.38. The second kappa shape index (κ2) is 1.20.